The number of nitrogens with two attached hydrogens (primary N) is 4. The first kappa shape index (κ1) is 102. The minimum absolute atomic E-state index is 0. The summed E-state index contributed by atoms with van der Waals surface area (Å²) in [7, 11) is 0. The minimum Gasteiger partial charge on any atom is -0.481 e. The molecule has 674 valence electrons. The molecule has 5 heterocycles. The van der Waals surface area contributed by atoms with E-state index in [1.54, 1.807) is 60.7 Å². The van der Waals surface area contributed by atoms with Crippen molar-refractivity contribution in [2.75, 3.05) is 118 Å². The molecule has 8 atom stereocenters. The molecule has 123 heavy (non-hydrogen) atoms. The molecule has 0 saturated carbocycles. The van der Waals surface area contributed by atoms with E-state index in [0.717, 1.165) is 0 Å². The second-order valence-electron chi connectivity index (χ2n) is 30.6. The number of hydrogen-bond donors (Lipinski definition) is 26. The monoisotopic (exact) mass is 1780 g/mol. The Labute approximate surface area is 726 Å². The van der Waals surface area contributed by atoms with E-state index in [4.69, 9.17) is 22.9 Å². The number of carbonyl (C=O) groups excluding carboxylic acids is 14. The van der Waals surface area contributed by atoms with Crippen LogP contribution in [0.5, 0.6) is 0 Å². The molecule has 5 fully saturated rings. The van der Waals surface area contributed by atoms with Gasteiger partial charge in [-0.05, 0) is 88.2 Å². The fraction of sp³-hybridized carbons (Fsp3) is 0.615. The molecule has 0 unspecified atom stereocenters. The van der Waals surface area contributed by atoms with E-state index in [1.807, 2.05) is 0 Å². The van der Waals surface area contributed by atoms with Crippen LogP contribution in [0.4, 0.5) is 0 Å². The van der Waals surface area contributed by atoms with Crippen LogP contribution in [0.25, 0.3) is 0 Å². The van der Waals surface area contributed by atoms with Crippen molar-refractivity contribution in [3.8, 4) is 0 Å². The van der Waals surface area contributed by atoms with Crippen molar-refractivity contribution >= 4 is 126 Å². The Morgan fingerprint density at radius 1 is 0.358 bits per heavy atom. The topological polar surface area (TPSA) is 683 Å². The van der Waals surface area contributed by atoms with Crippen molar-refractivity contribution < 1.29 is 86.9 Å². The number of unbranched alkanes of at least 4 members (excludes halogenated alkanes) is 2. The van der Waals surface area contributed by atoms with Crippen molar-refractivity contribution in [3.63, 3.8) is 0 Å². The van der Waals surface area contributed by atoms with E-state index in [-0.39, 0.29) is 184 Å². The summed E-state index contributed by atoms with van der Waals surface area (Å²) in [5.74, 6) is -13.1. The van der Waals surface area contributed by atoms with E-state index in [0.29, 0.717) is 103 Å². The van der Waals surface area contributed by atoms with E-state index in [1.165, 1.54) is 0 Å². The van der Waals surface area contributed by atoms with Gasteiger partial charge in [-0.1, -0.05) is 60.7 Å². The summed E-state index contributed by atoms with van der Waals surface area (Å²) in [4.78, 5) is 223. The third-order valence-corrected chi connectivity index (χ3v) is 20.3. The van der Waals surface area contributed by atoms with Crippen LogP contribution in [0, 0.1) is 0 Å². The maximum atomic E-state index is 14.2. The van der Waals surface area contributed by atoms with Gasteiger partial charge in [0.15, 0.2) is 11.9 Å². The van der Waals surface area contributed by atoms with Gasteiger partial charge in [-0.25, -0.2) is 0 Å². The van der Waals surface area contributed by atoms with Gasteiger partial charge < -0.3 is 139 Å². The summed E-state index contributed by atoms with van der Waals surface area (Å²) in [6, 6.07) is 5.92. The van der Waals surface area contributed by atoms with Gasteiger partial charge in [0.2, 0.25) is 82.7 Å². The van der Waals surface area contributed by atoms with Gasteiger partial charge in [0, 0.05) is 143 Å². The van der Waals surface area contributed by atoms with Crippen molar-refractivity contribution in [2.45, 2.75) is 188 Å². The second-order valence-corrected chi connectivity index (χ2v) is 30.6. The Morgan fingerprint density at radius 3 is 0.959 bits per heavy atom. The number of rotatable bonds is 36. The third kappa shape index (κ3) is 40.6. The number of aliphatic imine (C=N–C) groups is 2. The molecule has 45 heteroatoms. The molecule has 0 spiro atoms. The predicted octanol–water partition coefficient (Wildman–Crippen LogP) is -9.53. The van der Waals surface area contributed by atoms with Gasteiger partial charge >= 0.3 is 31.7 Å². The molecule has 2 bridgehead atoms. The number of carboxylic acid groups (broad SMARTS) is 2. The summed E-state index contributed by atoms with van der Waals surface area (Å²) < 4.78 is 0. The Kier molecular flexibility index (Phi) is 46.5. The summed E-state index contributed by atoms with van der Waals surface area (Å²) >= 11 is 0. The van der Waals surface area contributed by atoms with E-state index in [2.05, 4.69) is 116 Å². The quantitative estimate of drug-likeness (QED) is 0.0130. The van der Waals surface area contributed by atoms with Crippen LogP contribution in [-0.2, 0) is 89.6 Å². The van der Waals surface area contributed by atoms with Gasteiger partial charge in [-0.3, -0.25) is 86.7 Å². The van der Waals surface area contributed by atoms with Gasteiger partial charge in [0.25, 0.3) is 0 Å². The van der Waals surface area contributed by atoms with Gasteiger partial charge in [-0.2, -0.15) is 0 Å². The molecule has 5 saturated heterocycles. The zero-order chi connectivity index (χ0) is 88.7. The van der Waals surface area contributed by atoms with Crippen LogP contribution >= 0.6 is 0 Å². The SMILES string of the molecule is NC(N)=NCCC[C@@H]1NC(=O)[C@H](CCCCNC(=O)CCCC(=O)NC23CNCCNCC(NC(=O)CCCC(=O)NCCCC[C@@H]4NC(=O)[C@@H](Cc5ccccc5)NC(=O)[C@H](CC(=O)O)NC(=O)CNC(=O)[C@H](CCCN=C(N)N)NC4=O)(CNCCNC2)CNCCNC3)NC(=O)[C@@H](Cc2ccccc2)NC(=O)[C@H](CC(=O)O)NC(=O)CNC1=O.[68Ga+3]. The molecular formula is C78H124GaN26O18+3. The number of hydrogen-bond acceptors (Lipinski definition) is 24. The molecule has 2 aromatic carbocycles. The molecule has 14 amide bonds. The number of aliphatic carboxylic acids is 2. The first-order valence-electron chi connectivity index (χ1n) is 41.5. The first-order valence-corrected chi connectivity index (χ1v) is 41.5. The molecular weight excluding hydrogens is 1660 g/mol. The van der Waals surface area contributed by atoms with Crippen molar-refractivity contribution in [2.24, 2.45) is 32.9 Å². The number of amides is 14. The average Bonchev–Trinajstić information content (AvgIpc) is 1.45. The predicted molar refractivity (Wildman–Crippen MR) is 452 cm³/mol. The molecule has 0 aromatic heterocycles. The number of guanidine groups is 2. The number of fused-ring (bicyclic) bond motifs is 15. The van der Waals surface area contributed by atoms with E-state index >= 15 is 0 Å². The first-order chi connectivity index (χ1) is 58.5. The zero-order valence-corrected chi connectivity index (χ0v) is 71.9. The molecule has 30 N–H and O–H groups in total. The van der Waals surface area contributed by atoms with Crippen LogP contribution in [-0.4, -0.2) is 314 Å². The molecule has 2 aromatic rings. The normalized spacial score (nSPS) is 23.5. The average molecular weight is 1780 g/mol. The smallest absolute Gasteiger partial charge is 0.481 e. The zero-order valence-electron chi connectivity index (χ0n) is 69.5. The molecule has 0 radical (unpaired) electrons. The molecule has 5 aliphatic heterocycles. The Balaban J connectivity index is 0.0000269. The van der Waals surface area contributed by atoms with Gasteiger partial charge in [-0.15, -0.1) is 0 Å². The summed E-state index contributed by atoms with van der Waals surface area (Å²) in [5, 5.41) is 77.7. The maximum absolute atomic E-state index is 14.2. The van der Waals surface area contributed by atoms with Gasteiger partial charge in [0.1, 0.15) is 48.3 Å². The number of carboxylic acids is 2. The molecule has 7 rings (SSSR count). The van der Waals surface area contributed by atoms with Crippen LogP contribution < -0.4 is 129 Å². The van der Waals surface area contributed by atoms with Crippen molar-refractivity contribution in [1.82, 2.24) is 106 Å². The van der Waals surface area contributed by atoms with E-state index in [9.17, 15) is 86.9 Å². The fourth-order valence-corrected chi connectivity index (χ4v) is 13.9. The van der Waals surface area contributed by atoms with Crippen molar-refractivity contribution in [3.05, 3.63) is 71.8 Å². The standard InChI is InChI=1S/C78H124N26O18.Ga/c79-75(80)91-29-13-21-51-67(115)93-41-63(109)95-57(39-65(111)112)73(121)101-55(37-49-15-3-1-4-16-49)71(119)99-53(69(117)97-51)19-7-9-27-89-59(105)23-11-25-61(107)103-77-43-83-31-34-86-46-78(47-87-35-32-84-44-77,48-88-36-33-85-45-77)104-62(108)26-12-24-60(106)90-28-10-8-20-54-70(118)98-52(22-14-30-92-76(81)82)68(116)94-42-64(110)96-58(40-66(113)114)74(122)102-56(72(120)100-54)38-50-17-5-2-6-18-50;/h1-6,15-18,51-58,83-88H,7-14,19-48H2,(H,89,105)(H,90,106)(H,93,115)(H,94,116)(H,95,109)(H,96,110)(H,97,117)(H,98,118)(H,99,119)(H,100,120)(H,101,121)(H,102,122)(H,103,107)(H,104,108)(H,111,112)(H,113,114)(H4,79,80,91)(H4,81,82,92);/q;+3/t51-,52-,53-,54-,55+,56+,57-,58-,77?,78?;/m0./s1/i;1-2. The molecule has 0 aliphatic carbocycles. The number of nitrogens with one attached hydrogen (secondary N) is 20. The molecule has 44 nitrogen and oxygen atoms in total. The Morgan fingerprint density at radius 2 is 0.642 bits per heavy atom. The van der Waals surface area contributed by atoms with Crippen LogP contribution in [0.1, 0.15) is 127 Å². The summed E-state index contributed by atoms with van der Waals surface area (Å²) in [6.07, 6.45) is 0.0329. The van der Waals surface area contributed by atoms with Gasteiger partial charge in [0.05, 0.1) is 37.0 Å². The Hall–Kier alpha value is -11.1. The minimum atomic E-state index is -1.66. The van der Waals surface area contributed by atoms with E-state index < -0.39 is 156 Å². The number of nitrogens with zero attached hydrogens (tertiary/aromatic N) is 2. The van der Waals surface area contributed by atoms with Crippen LogP contribution in [0.15, 0.2) is 70.6 Å². The largest absolute Gasteiger partial charge is 3.00 e. The van der Waals surface area contributed by atoms with Crippen LogP contribution in [0.3, 0.4) is 0 Å². The van der Waals surface area contributed by atoms with Crippen LogP contribution in [0.2, 0.25) is 0 Å². The summed E-state index contributed by atoms with van der Waals surface area (Å²) in [5.41, 5.74) is 21.5. The maximum Gasteiger partial charge on any atom is 3.00 e. The number of benzene rings is 2. The molecule has 5 aliphatic rings. The number of carbonyl (C=O) groups is 16. The third-order valence-electron chi connectivity index (χ3n) is 20.3. The Bertz CT molecular complexity index is 3590. The van der Waals surface area contributed by atoms with Crippen molar-refractivity contribution in [1.29, 1.82) is 0 Å². The summed E-state index contributed by atoms with van der Waals surface area (Å²) in [6.45, 7) is 4.10. The second kappa shape index (κ2) is 55.8. The fourth-order valence-electron chi connectivity index (χ4n) is 13.9.